The Hall–Kier alpha value is -6.30. The van der Waals surface area contributed by atoms with Gasteiger partial charge in [0.1, 0.15) is 56.0 Å². The molecule has 52 heavy (non-hydrogen) atoms. The molecule has 18 nitrogen and oxygen atoms in total. The molecule has 0 saturated heterocycles. The largest absolute Gasteiger partial charge is 0.484 e. The van der Waals surface area contributed by atoms with Crippen LogP contribution in [0.5, 0.6) is 23.0 Å². The molecular formula is C34H35N3O15. The van der Waals surface area contributed by atoms with E-state index in [0.717, 1.165) is 21.4 Å². The van der Waals surface area contributed by atoms with Gasteiger partial charge in [0.05, 0.1) is 27.9 Å². The molecule has 2 aliphatic rings. The fourth-order valence-electron chi connectivity index (χ4n) is 6.13. The van der Waals surface area contributed by atoms with E-state index < -0.39 is 79.0 Å². The second kappa shape index (κ2) is 15.7. The molecule has 18 heteroatoms. The van der Waals surface area contributed by atoms with Crippen molar-refractivity contribution >= 4 is 40.9 Å². The molecule has 3 aromatic carbocycles. The highest BCUT2D eigenvalue weighted by Gasteiger charge is 2.35. The van der Waals surface area contributed by atoms with Crippen molar-refractivity contribution in [3.63, 3.8) is 0 Å². The van der Waals surface area contributed by atoms with Gasteiger partial charge in [-0.25, -0.2) is 0 Å². The standard InChI is InChI=1S/C34H35N3O15/c1-18-5-7-21(35(13-30(38)39)14-31(40)41)26(9-18)51-24-3-2-4-25(24)52-27-10-19(6-8-22(27)36(15-32(42)43)16-33(44)45)34(46)20-11-28-29(50-17-49-28)12-23(20)37(47)48/h5-12,24-25,34,46H,2-4,13-17H2,1H3,(H,38,39)(H,40,41)(H,42,43)(H,44,45). The summed E-state index contributed by atoms with van der Waals surface area (Å²) in [6.45, 7) is -1.13. The first-order valence-electron chi connectivity index (χ1n) is 15.9. The Labute approximate surface area is 295 Å². The number of aryl methyl sites for hydroxylation is 1. The number of hydrogen-bond acceptors (Lipinski definition) is 13. The molecule has 5 N–H and O–H groups in total. The lowest BCUT2D eigenvalue weighted by Crippen LogP contribution is -2.37. The highest BCUT2D eigenvalue weighted by Crippen LogP contribution is 2.43. The first-order valence-corrected chi connectivity index (χ1v) is 15.9. The first kappa shape index (κ1) is 37.0. The highest BCUT2D eigenvalue weighted by atomic mass is 16.7. The highest BCUT2D eigenvalue weighted by molar-refractivity contribution is 5.82. The Morgan fingerprint density at radius 3 is 1.77 bits per heavy atom. The quantitative estimate of drug-likeness (QED) is 0.0989. The Morgan fingerprint density at radius 1 is 0.788 bits per heavy atom. The average Bonchev–Trinajstić information content (AvgIpc) is 3.71. The minimum atomic E-state index is -1.63. The number of hydrogen-bond donors (Lipinski definition) is 5. The molecule has 0 bridgehead atoms. The second-order valence-electron chi connectivity index (χ2n) is 12.2. The molecule has 3 atom stereocenters. The van der Waals surface area contributed by atoms with Crippen LogP contribution in [-0.4, -0.2) is 99.5 Å². The molecule has 0 amide bonds. The van der Waals surface area contributed by atoms with Crippen molar-refractivity contribution < 1.29 is 68.6 Å². The van der Waals surface area contributed by atoms with Crippen LogP contribution in [0.15, 0.2) is 48.5 Å². The lowest BCUT2D eigenvalue weighted by Gasteiger charge is -2.30. The van der Waals surface area contributed by atoms with Crippen LogP contribution in [0.3, 0.4) is 0 Å². The van der Waals surface area contributed by atoms with E-state index in [9.17, 15) is 54.8 Å². The van der Waals surface area contributed by atoms with Crippen LogP contribution in [-0.2, 0) is 19.2 Å². The fourth-order valence-corrected chi connectivity index (χ4v) is 6.13. The normalized spacial score (nSPS) is 16.5. The summed E-state index contributed by atoms with van der Waals surface area (Å²) in [6, 6.07) is 11.3. The van der Waals surface area contributed by atoms with E-state index in [0.29, 0.717) is 19.3 Å². The number of fused-ring (bicyclic) bond motifs is 1. The van der Waals surface area contributed by atoms with Crippen molar-refractivity contribution in [2.75, 3.05) is 42.8 Å². The van der Waals surface area contributed by atoms with Gasteiger partial charge in [0.2, 0.25) is 6.79 Å². The fraction of sp³-hybridized carbons (Fsp3) is 0.353. The summed E-state index contributed by atoms with van der Waals surface area (Å²) in [5, 5.41) is 61.5. The van der Waals surface area contributed by atoms with Crippen molar-refractivity contribution in [3.05, 3.63) is 75.3 Å². The molecule has 1 saturated carbocycles. The molecule has 0 spiro atoms. The molecule has 3 unspecified atom stereocenters. The summed E-state index contributed by atoms with van der Waals surface area (Å²) < 4.78 is 23.4. The number of rotatable bonds is 17. The van der Waals surface area contributed by atoms with Crippen molar-refractivity contribution in [3.8, 4) is 23.0 Å². The predicted octanol–water partition coefficient (Wildman–Crippen LogP) is 3.04. The minimum absolute atomic E-state index is 0.0388. The molecule has 1 heterocycles. The van der Waals surface area contributed by atoms with Gasteiger partial charge in [-0.3, -0.25) is 29.3 Å². The van der Waals surface area contributed by atoms with E-state index in [1.807, 2.05) is 0 Å². The van der Waals surface area contributed by atoms with Gasteiger partial charge in [0.15, 0.2) is 11.5 Å². The summed E-state index contributed by atoms with van der Waals surface area (Å²) in [4.78, 5) is 60.2. The number of ether oxygens (including phenoxy) is 4. The van der Waals surface area contributed by atoms with E-state index >= 15 is 0 Å². The van der Waals surface area contributed by atoms with E-state index in [4.69, 9.17) is 18.9 Å². The monoisotopic (exact) mass is 725 g/mol. The third-order valence-electron chi connectivity index (χ3n) is 8.36. The maximum atomic E-state index is 12.0. The number of anilines is 2. The minimum Gasteiger partial charge on any atom is -0.484 e. The zero-order valence-electron chi connectivity index (χ0n) is 27.7. The molecule has 0 aromatic heterocycles. The Kier molecular flexibility index (Phi) is 11.2. The first-order chi connectivity index (χ1) is 24.7. The SMILES string of the molecule is Cc1ccc(N(CC(=O)O)CC(=O)O)c(OC2CCCC2Oc2cc(C(O)c3cc4c(cc3[N+](=O)[O-])OCO4)ccc2N(CC(=O)O)CC(=O)O)c1. The average molecular weight is 726 g/mol. The summed E-state index contributed by atoms with van der Waals surface area (Å²) in [5.74, 6) is -4.76. The third-order valence-corrected chi connectivity index (χ3v) is 8.36. The Bertz CT molecular complexity index is 1850. The zero-order chi connectivity index (χ0) is 37.7. The second-order valence-corrected chi connectivity index (χ2v) is 12.2. The maximum absolute atomic E-state index is 12.0. The lowest BCUT2D eigenvalue weighted by atomic mass is 9.98. The number of nitro groups is 1. The Balaban J connectivity index is 1.53. The van der Waals surface area contributed by atoms with Crippen LogP contribution in [0.4, 0.5) is 17.1 Å². The number of aliphatic hydroxyl groups excluding tert-OH is 1. The number of carbonyl (C=O) groups is 4. The van der Waals surface area contributed by atoms with Crippen LogP contribution in [0.25, 0.3) is 0 Å². The number of carboxylic acid groups (broad SMARTS) is 4. The van der Waals surface area contributed by atoms with Gasteiger partial charge in [-0.2, -0.15) is 0 Å². The molecule has 5 rings (SSSR count). The van der Waals surface area contributed by atoms with Crippen LogP contribution in [0.1, 0.15) is 42.1 Å². The number of carboxylic acids is 4. The van der Waals surface area contributed by atoms with Gasteiger partial charge in [-0.1, -0.05) is 12.1 Å². The van der Waals surface area contributed by atoms with Crippen LogP contribution in [0, 0.1) is 17.0 Å². The summed E-state index contributed by atoms with van der Waals surface area (Å²) in [5.41, 5.74) is 0.477. The summed E-state index contributed by atoms with van der Waals surface area (Å²) >= 11 is 0. The number of aliphatic carboxylic acids is 4. The smallest absolute Gasteiger partial charge is 0.323 e. The van der Waals surface area contributed by atoms with Gasteiger partial charge in [0, 0.05) is 0 Å². The van der Waals surface area contributed by atoms with Crippen LogP contribution in [0.2, 0.25) is 0 Å². The van der Waals surface area contributed by atoms with Crippen LogP contribution >= 0.6 is 0 Å². The van der Waals surface area contributed by atoms with Crippen LogP contribution < -0.4 is 28.7 Å². The van der Waals surface area contributed by atoms with E-state index in [1.165, 1.54) is 24.3 Å². The summed E-state index contributed by atoms with van der Waals surface area (Å²) in [7, 11) is 0. The van der Waals surface area contributed by atoms with Crippen molar-refractivity contribution in [1.29, 1.82) is 0 Å². The van der Waals surface area contributed by atoms with Crippen molar-refractivity contribution in [1.82, 2.24) is 0 Å². The molecule has 3 aromatic rings. The van der Waals surface area contributed by atoms with Crippen molar-refractivity contribution in [2.45, 2.75) is 44.5 Å². The van der Waals surface area contributed by atoms with Gasteiger partial charge in [-0.05, 0) is 67.6 Å². The number of benzene rings is 3. The Morgan fingerprint density at radius 2 is 1.27 bits per heavy atom. The van der Waals surface area contributed by atoms with Gasteiger partial charge >= 0.3 is 23.9 Å². The maximum Gasteiger partial charge on any atom is 0.323 e. The zero-order valence-corrected chi connectivity index (χ0v) is 27.7. The molecule has 1 fully saturated rings. The number of nitrogens with zero attached hydrogens (tertiary/aromatic N) is 3. The van der Waals surface area contributed by atoms with E-state index in [2.05, 4.69) is 0 Å². The molecule has 0 radical (unpaired) electrons. The third kappa shape index (κ3) is 8.70. The van der Waals surface area contributed by atoms with Crippen molar-refractivity contribution in [2.24, 2.45) is 0 Å². The lowest BCUT2D eigenvalue weighted by molar-refractivity contribution is -0.386. The van der Waals surface area contributed by atoms with Gasteiger partial charge in [-0.15, -0.1) is 0 Å². The summed E-state index contributed by atoms with van der Waals surface area (Å²) in [6.07, 6.45) is -1.68. The van der Waals surface area contributed by atoms with E-state index in [1.54, 1.807) is 25.1 Å². The van der Waals surface area contributed by atoms with Gasteiger partial charge < -0.3 is 54.3 Å². The molecule has 1 aliphatic carbocycles. The molecular weight excluding hydrogens is 690 g/mol. The number of nitro benzene ring substituents is 1. The topological polar surface area (TPSA) is 256 Å². The molecule has 276 valence electrons. The van der Waals surface area contributed by atoms with E-state index in [-0.39, 0.29) is 52.3 Å². The number of aliphatic hydroxyl groups is 1. The molecule has 1 aliphatic heterocycles. The predicted molar refractivity (Wildman–Crippen MR) is 179 cm³/mol. The van der Waals surface area contributed by atoms with Gasteiger partial charge in [0.25, 0.3) is 5.69 Å².